The summed E-state index contributed by atoms with van der Waals surface area (Å²) in [5, 5.41) is 3.49. The standard InChI is InChI=1S/C15H16BrN3/c16-12-6-7-15(17-10-12)18-13-8-9-19(11-13)14-4-2-1-3-5-14/h1-7,10,13H,8-9,11H2,(H,17,18). The van der Waals surface area contributed by atoms with Crippen molar-refractivity contribution in [1.82, 2.24) is 4.98 Å². The maximum atomic E-state index is 4.36. The molecule has 0 saturated carbocycles. The van der Waals surface area contributed by atoms with Gasteiger partial charge in [0, 0.05) is 35.5 Å². The molecule has 98 valence electrons. The predicted molar refractivity (Wildman–Crippen MR) is 82.6 cm³/mol. The summed E-state index contributed by atoms with van der Waals surface area (Å²) in [4.78, 5) is 6.78. The Balaban J connectivity index is 1.62. The number of pyridine rings is 1. The van der Waals surface area contributed by atoms with Crippen LogP contribution < -0.4 is 10.2 Å². The number of nitrogens with one attached hydrogen (secondary N) is 1. The Kier molecular flexibility index (Phi) is 3.69. The highest BCUT2D eigenvalue weighted by Gasteiger charge is 2.22. The van der Waals surface area contributed by atoms with E-state index in [9.17, 15) is 0 Å². The molecule has 0 bridgehead atoms. The minimum Gasteiger partial charge on any atom is -0.369 e. The second-order valence-corrected chi connectivity index (χ2v) is 5.69. The quantitative estimate of drug-likeness (QED) is 0.938. The molecule has 2 heterocycles. The number of benzene rings is 1. The first-order valence-corrected chi connectivity index (χ1v) is 7.29. The third kappa shape index (κ3) is 3.07. The van der Waals surface area contributed by atoms with Crippen LogP contribution in [0.5, 0.6) is 0 Å². The van der Waals surface area contributed by atoms with E-state index in [0.717, 1.165) is 29.8 Å². The van der Waals surface area contributed by atoms with Crippen molar-refractivity contribution in [3.8, 4) is 0 Å². The maximum Gasteiger partial charge on any atom is 0.126 e. The summed E-state index contributed by atoms with van der Waals surface area (Å²) in [5.41, 5.74) is 1.30. The molecule has 0 amide bonds. The van der Waals surface area contributed by atoms with E-state index in [1.165, 1.54) is 5.69 Å². The van der Waals surface area contributed by atoms with Crippen molar-refractivity contribution < 1.29 is 0 Å². The largest absolute Gasteiger partial charge is 0.369 e. The van der Waals surface area contributed by atoms with Gasteiger partial charge in [0.25, 0.3) is 0 Å². The number of hydrogen-bond donors (Lipinski definition) is 1. The molecule has 1 aromatic heterocycles. The normalized spacial score (nSPS) is 18.6. The Labute approximate surface area is 121 Å². The van der Waals surface area contributed by atoms with Gasteiger partial charge in [-0.2, -0.15) is 0 Å². The van der Waals surface area contributed by atoms with E-state index in [1.54, 1.807) is 0 Å². The Morgan fingerprint density at radius 1 is 1.16 bits per heavy atom. The summed E-state index contributed by atoms with van der Waals surface area (Å²) in [6.07, 6.45) is 2.97. The molecule has 0 aliphatic carbocycles. The van der Waals surface area contributed by atoms with Crippen LogP contribution in [-0.2, 0) is 0 Å². The van der Waals surface area contributed by atoms with E-state index in [4.69, 9.17) is 0 Å². The first kappa shape index (κ1) is 12.5. The van der Waals surface area contributed by atoms with Gasteiger partial charge < -0.3 is 10.2 Å². The molecule has 3 nitrogen and oxygen atoms in total. The van der Waals surface area contributed by atoms with Gasteiger partial charge in [-0.3, -0.25) is 0 Å². The van der Waals surface area contributed by atoms with Crippen molar-refractivity contribution in [1.29, 1.82) is 0 Å². The molecule has 1 aliphatic rings. The summed E-state index contributed by atoms with van der Waals surface area (Å²) in [6.45, 7) is 2.12. The van der Waals surface area contributed by atoms with Crippen LogP contribution in [0, 0.1) is 0 Å². The number of hydrogen-bond acceptors (Lipinski definition) is 3. The lowest BCUT2D eigenvalue weighted by Crippen LogP contribution is -2.26. The minimum absolute atomic E-state index is 0.467. The molecule has 2 aromatic rings. The van der Waals surface area contributed by atoms with Crippen LogP contribution in [-0.4, -0.2) is 24.1 Å². The molecule has 0 spiro atoms. The fourth-order valence-electron chi connectivity index (χ4n) is 2.42. The number of para-hydroxylation sites is 1. The zero-order valence-corrected chi connectivity index (χ0v) is 12.2. The SMILES string of the molecule is Brc1ccc(NC2CCN(c3ccccc3)C2)nc1. The number of anilines is 2. The minimum atomic E-state index is 0.467. The van der Waals surface area contributed by atoms with Crippen molar-refractivity contribution in [2.75, 3.05) is 23.3 Å². The van der Waals surface area contributed by atoms with Crippen molar-refractivity contribution >= 4 is 27.4 Å². The van der Waals surface area contributed by atoms with Gasteiger partial charge in [-0.25, -0.2) is 4.98 Å². The van der Waals surface area contributed by atoms with Crippen molar-refractivity contribution in [3.05, 3.63) is 53.1 Å². The van der Waals surface area contributed by atoms with E-state index >= 15 is 0 Å². The Morgan fingerprint density at radius 2 is 2.00 bits per heavy atom. The van der Waals surface area contributed by atoms with Crippen LogP contribution in [0.1, 0.15) is 6.42 Å². The summed E-state index contributed by atoms with van der Waals surface area (Å²) in [6, 6.07) is 15.1. The molecule has 1 unspecified atom stereocenters. The van der Waals surface area contributed by atoms with Crippen LogP contribution in [0.25, 0.3) is 0 Å². The van der Waals surface area contributed by atoms with E-state index in [-0.39, 0.29) is 0 Å². The number of rotatable bonds is 3. The molecule has 1 atom stereocenters. The molecule has 1 saturated heterocycles. The topological polar surface area (TPSA) is 28.2 Å². The average Bonchev–Trinajstić information content (AvgIpc) is 2.91. The first-order valence-electron chi connectivity index (χ1n) is 6.49. The molecule has 1 fully saturated rings. The zero-order chi connectivity index (χ0) is 13.1. The molecule has 19 heavy (non-hydrogen) atoms. The van der Waals surface area contributed by atoms with Crippen LogP contribution >= 0.6 is 15.9 Å². The number of nitrogens with zero attached hydrogens (tertiary/aromatic N) is 2. The summed E-state index contributed by atoms with van der Waals surface area (Å²) >= 11 is 3.40. The van der Waals surface area contributed by atoms with E-state index < -0.39 is 0 Å². The van der Waals surface area contributed by atoms with E-state index in [0.29, 0.717) is 6.04 Å². The number of aromatic nitrogens is 1. The van der Waals surface area contributed by atoms with Crippen LogP contribution in [0.4, 0.5) is 11.5 Å². The zero-order valence-electron chi connectivity index (χ0n) is 10.6. The first-order chi connectivity index (χ1) is 9.31. The highest BCUT2D eigenvalue weighted by molar-refractivity contribution is 9.10. The van der Waals surface area contributed by atoms with Crippen molar-refractivity contribution in [3.63, 3.8) is 0 Å². The summed E-state index contributed by atoms with van der Waals surface area (Å²) in [7, 11) is 0. The third-order valence-corrected chi connectivity index (χ3v) is 3.86. The van der Waals surface area contributed by atoms with Crippen LogP contribution in [0.15, 0.2) is 53.1 Å². The monoisotopic (exact) mass is 317 g/mol. The third-order valence-electron chi connectivity index (χ3n) is 3.39. The lowest BCUT2D eigenvalue weighted by Gasteiger charge is -2.19. The van der Waals surface area contributed by atoms with Gasteiger partial charge >= 0.3 is 0 Å². The summed E-state index contributed by atoms with van der Waals surface area (Å²) < 4.78 is 1.01. The Morgan fingerprint density at radius 3 is 2.74 bits per heavy atom. The highest BCUT2D eigenvalue weighted by Crippen LogP contribution is 2.21. The summed E-state index contributed by atoms with van der Waals surface area (Å²) in [5.74, 6) is 0.947. The molecule has 3 rings (SSSR count). The van der Waals surface area contributed by atoms with Gasteiger partial charge in [-0.05, 0) is 46.6 Å². The number of halogens is 1. The van der Waals surface area contributed by atoms with E-state index in [2.05, 4.69) is 61.5 Å². The smallest absolute Gasteiger partial charge is 0.126 e. The van der Waals surface area contributed by atoms with Crippen molar-refractivity contribution in [2.45, 2.75) is 12.5 Å². The Bertz CT molecular complexity index is 527. The predicted octanol–water partition coefficient (Wildman–Crippen LogP) is 3.53. The molecule has 1 aromatic carbocycles. The highest BCUT2D eigenvalue weighted by atomic mass is 79.9. The van der Waals surface area contributed by atoms with Gasteiger partial charge in [0.2, 0.25) is 0 Å². The van der Waals surface area contributed by atoms with Gasteiger partial charge in [0.05, 0.1) is 0 Å². The Hall–Kier alpha value is -1.55. The van der Waals surface area contributed by atoms with Gasteiger partial charge in [0.15, 0.2) is 0 Å². The molecule has 0 radical (unpaired) electrons. The molecule has 4 heteroatoms. The van der Waals surface area contributed by atoms with Gasteiger partial charge in [-0.15, -0.1) is 0 Å². The molecular weight excluding hydrogens is 302 g/mol. The van der Waals surface area contributed by atoms with Gasteiger partial charge in [-0.1, -0.05) is 18.2 Å². The lowest BCUT2D eigenvalue weighted by molar-refractivity contribution is 0.800. The van der Waals surface area contributed by atoms with Crippen LogP contribution in [0.3, 0.4) is 0 Å². The molecule has 1 aliphatic heterocycles. The van der Waals surface area contributed by atoms with E-state index in [1.807, 2.05) is 18.3 Å². The van der Waals surface area contributed by atoms with Gasteiger partial charge in [0.1, 0.15) is 5.82 Å². The second-order valence-electron chi connectivity index (χ2n) is 4.77. The molecular formula is C15H16BrN3. The molecule has 1 N–H and O–H groups in total. The fraction of sp³-hybridized carbons (Fsp3) is 0.267. The fourth-order valence-corrected chi connectivity index (χ4v) is 2.66. The second kappa shape index (κ2) is 5.61. The van der Waals surface area contributed by atoms with Crippen molar-refractivity contribution in [2.24, 2.45) is 0 Å². The van der Waals surface area contributed by atoms with Crippen LogP contribution in [0.2, 0.25) is 0 Å². The average molecular weight is 318 g/mol. The lowest BCUT2D eigenvalue weighted by atomic mass is 10.2. The maximum absolute atomic E-state index is 4.36.